The van der Waals surface area contributed by atoms with Crippen LogP contribution in [0.2, 0.25) is 0 Å². The zero-order chi connectivity index (χ0) is 13.4. The van der Waals surface area contributed by atoms with Crippen molar-refractivity contribution in [3.63, 3.8) is 0 Å². The number of carbonyl (C=O) groups excluding carboxylic acids is 2. The van der Waals surface area contributed by atoms with Crippen molar-refractivity contribution in [2.24, 2.45) is 0 Å². The normalized spacial score (nSPS) is 16.1. The van der Waals surface area contributed by atoms with Crippen LogP contribution in [0, 0.1) is 13.8 Å². The maximum absolute atomic E-state index is 12.0. The molecule has 1 aromatic carbocycles. The Labute approximate surface area is 107 Å². The highest BCUT2D eigenvalue weighted by molar-refractivity contribution is 6.52. The molecule has 2 rings (SSSR count). The molecular formula is C14H17NO3. The van der Waals surface area contributed by atoms with Crippen molar-refractivity contribution in [3.8, 4) is 0 Å². The first-order valence-electron chi connectivity index (χ1n) is 5.96. The number of ether oxygens (including phenoxy) is 1. The third kappa shape index (κ3) is 1.93. The number of aryl methyl sites for hydroxylation is 2. The first-order chi connectivity index (χ1) is 8.45. The number of hydrogen-bond acceptors (Lipinski definition) is 3. The summed E-state index contributed by atoms with van der Waals surface area (Å²) in [5.74, 6) is -0.867. The van der Waals surface area contributed by atoms with Gasteiger partial charge in [0.2, 0.25) is 0 Å². The number of carbonyl (C=O) groups is 2. The van der Waals surface area contributed by atoms with Crippen molar-refractivity contribution in [2.75, 3.05) is 18.6 Å². The summed E-state index contributed by atoms with van der Waals surface area (Å²) in [7, 11) is 1.59. The van der Waals surface area contributed by atoms with E-state index >= 15 is 0 Å². The Bertz CT molecular complexity index is 522. The molecule has 1 heterocycles. The zero-order valence-electron chi connectivity index (χ0n) is 11.1. The van der Waals surface area contributed by atoms with E-state index in [2.05, 4.69) is 0 Å². The number of Topliss-reactive ketones (excluding diaryl/α,β-unsaturated/α-hetero) is 1. The molecule has 0 bridgehead atoms. The van der Waals surface area contributed by atoms with Crippen molar-refractivity contribution in [2.45, 2.75) is 26.9 Å². The Hall–Kier alpha value is -1.68. The molecule has 4 nitrogen and oxygen atoms in total. The van der Waals surface area contributed by atoms with E-state index in [-0.39, 0.29) is 6.10 Å². The highest BCUT2D eigenvalue weighted by Crippen LogP contribution is 2.32. The van der Waals surface area contributed by atoms with Gasteiger partial charge in [0, 0.05) is 7.11 Å². The molecule has 96 valence electrons. The SMILES string of the molecule is COC(C)CN1C(=O)C(=O)c2c(C)cc(C)cc21. The lowest BCUT2D eigenvalue weighted by molar-refractivity contribution is -0.114. The zero-order valence-corrected chi connectivity index (χ0v) is 11.1. The smallest absolute Gasteiger partial charge is 0.299 e. The van der Waals surface area contributed by atoms with Crippen LogP contribution in [0.5, 0.6) is 0 Å². The minimum atomic E-state index is -0.456. The Balaban J connectivity index is 2.48. The summed E-state index contributed by atoms with van der Waals surface area (Å²) in [6, 6.07) is 3.81. The average molecular weight is 247 g/mol. The number of rotatable bonds is 3. The number of nitrogens with zero attached hydrogens (tertiary/aromatic N) is 1. The van der Waals surface area contributed by atoms with E-state index in [1.807, 2.05) is 32.9 Å². The standard InChI is InChI=1S/C14H17NO3/c1-8-5-9(2)12-11(6-8)15(7-10(3)18-4)14(17)13(12)16/h5-6,10H,7H2,1-4H3. The van der Waals surface area contributed by atoms with E-state index in [0.717, 1.165) is 11.1 Å². The van der Waals surface area contributed by atoms with Crippen LogP contribution in [0.25, 0.3) is 0 Å². The third-order valence-electron chi connectivity index (χ3n) is 3.26. The number of fused-ring (bicyclic) bond motifs is 1. The Morgan fingerprint density at radius 1 is 1.28 bits per heavy atom. The highest BCUT2D eigenvalue weighted by atomic mass is 16.5. The van der Waals surface area contributed by atoms with Gasteiger partial charge in [-0.05, 0) is 38.0 Å². The second-order valence-corrected chi connectivity index (χ2v) is 4.77. The van der Waals surface area contributed by atoms with Crippen molar-refractivity contribution in [1.82, 2.24) is 0 Å². The van der Waals surface area contributed by atoms with Gasteiger partial charge < -0.3 is 9.64 Å². The summed E-state index contributed by atoms with van der Waals surface area (Å²) in [4.78, 5) is 25.5. The minimum absolute atomic E-state index is 0.103. The molecular weight excluding hydrogens is 230 g/mol. The average Bonchev–Trinajstić information content (AvgIpc) is 2.54. The van der Waals surface area contributed by atoms with Crippen LogP contribution in [0.15, 0.2) is 12.1 Å². The predicted molar refractivity (Wildman–Crippen MR) is 69.1 cm³/mol. The summed E-state index contributed by atoms with van der Waals surface area (Å²) in [5, 5.41) is 0. The molecule has 0 saturated carbocycles. The number of ketones is 1. The Kier molecular flexibility index (Phi) is 3.22. The number of anilines is 1. The van der Waals surface area contributed by atoms with E-state index in [0.29, 0.717) is 17.8 Å². The van der Waals surface area contributed by atoms with Gasteiger partial charge in [-0.15, -0.1) is 0 Å². The summed E-state index contributed by atoms with van der Waals surface area (Å²) in [6.07, 6.45) is -0.103. The van der Waals surface area contributed by atoms with Gasteiger partial charge in [0.15, 0.2) is 0 Å². The Morgan fingerprint density at radius 3 is 2.56 bits per heavy atom. The summed E-state index contributed by atoms with van der Waals surface area (Å²) < 4.78 is 5.17. The van der Waals surface area contributed by atoms with Crippen LogP contribution in [0.3, 0.4) is 0 Å². The first-order valence-corrected chi connectivity index (χ1v) is 5.96. The molecule has 0 radical (unpaired) electrons. The molecule has 18 heavy (non-hydrogen) atoms. The molecule has 1 unspecified atom stereocenters. The molecule has 0 N–H and O–H groups in total. The molecule has 1 amide bonds. The van der Waals surface area contributed by atoms with Crippen molar-refractivity contribution >= 4 is 17.4 Å². The monoisotopic (exact) mass is 247 g/mol. The van der Waals surface area contributed by atoms with Gasteiger partial charge in [0.25, 0.3) is 11.7 Å². The molecule has 0 aromatic heterocycles. The molecule has 1 atom stereocenters. The molecule has 4 heteroatoms. The van der Waals surface area contributed by atoms with E-state index in [9.17, 15) is 9.59 Å². The lowest BCUT2D eigenvalue weighted by Crippen LogP contribution is -2.36. The molecule has 0 saturated heterocycles. The van der Waals surface area contributed by atoms with Gasteiger partial charge in [-0.1, -0.05) is 6.07 Å². The molecule has 1 aliphatic rings. The van der Waals surface area contributed by atoms with Crippen LogP contribution in [-0.4, -0.2) is 31.4 Å². The van der Waals surface area contributed by atoms with Gasteiger partial charge in [0.05, 0.1) is 23.9 Å². The third-order valence-corrected chi connectivity index (χ3v) is 3.26. The molecule has 1 aliphatic heterocycles. The lowest BCUT2D eigenvalue weighted by Gasteiger charge is -2.20. The first kappa shape index (κ1) is 12.8. The van der Waals surface area contributed by atoms with Crippen LogP contribution >= 0.6 is 0 Å². The molecule has 0 spiro atoms. The highest BCUT2D eigenvalue weighted by Gasteiger charge is 2.37. The second kappa shape index (κ2) is 4.53. The second-order valence-electron chi connectivity index (χ2n) is 4.77. The van der Waals surface area contributed by atoms with Gasteiger partial charge in [0.1, 0.15) is 0 Å². The molecule has 0 fully saturated rings. The van der Waals surface area contributed by atoms with Crippen LogP contribution in [-0.2, 0) is 9.53 Å². The molecule has 1 aromatic rings. The predicted octanol–water partition coefficient (Wildman–Crippen LogP) is 1.87. The summed E-state index contributed by atoms with van der Waals surface area (Å²) in [6.45, 7) is 6.09. The van der Waals surface area contributed by atoms with Crippen molar-refractivity contribution in [3.05, 3.63) is 28.8 Å². The Morgan fingerprint density at radius 2 is 1.94 bits per heavy atom. The largest absolute Gasteiger partial charge is 0.380 e. The van der Waals surface area contributed by atoms with Crippen molar-refractivity contribution in [1.29, 1.82) is 0 Å². The minimum Gasteiger partial charge on any atom is -0.380 e. The van der Waals surface area contributed by atoms with E-state index in [1.165, 1.54) is 4.90 Å². The molecule has 0 aliphatic carbocycles. The van der Waals surface area contributed by atoms with Crippen LogP contribution in [0.4, 0.5) is 5.69 Å². The van der Waals surface area contributed by atoms with Gasteiger partial charge in [-0.3, -0.25) is 9.59 Å². The van der Waals surface area contributed by atoms with Crippen LogP contribution in [0.1, 0.15) is 28.4 Å². The quantitative estimate of drug-likeness (QED) is 0.766. The maximum atomic E-state index is 12.0. The van der Waals surface area contributed by atoms with Crippen molar-refractivity contribution < 1.29 is 14.3 Å². The van der Waals surface area contributed by atoms with Gasteiger partial charge >= 0.3 is 0 Å². The fourth-order valence-corrected chi connectivity index (χ4v) is 2.31. The van der Waals surface area contributed by atoms with Gasteiger partial charge in [-0.2, -0.15) is 0 Å². The fraction of sp³-hybridized carbons (Fsp3) is 0.429. The van der Waals surface area contributed by atoms with E-state index < -0.39 is 11.7 Å². The number of methoxy groups -OCH3 is 1. The summed E-state index contributed by atoms with van der Waals surface area (Å²) in [5.41, 5.74) is 3.15. The topological polar surface area (TPSA) is 46.6 Å². The lowest BCUT2D eigenvalue weighted by atomic mass is 10.0. The van der Waals surface area contributed by atoms with E-state index in [4.69, 9.17) is 4.74 Å². The number of hydrogen-bond donors (Lipinski definition) is 0. The van der Waals surface area contributed by atoms with Gasteiger partial charge in [-0.25, -0.2) is 0 Å². The summed E-state index contributed by atoms with van der Waals surface area (Å²) >= 11 is 0. The number of benzene rings is 1. The fourth-order valence-electron chi connectivity index (χ4n) is 2.31. The number of amides is 1. The maximum Gasteiger partial charge on any atom is 0.299 e. The van der Waals surface area contributed by atoms with E-state index in [1.54, 1.807) is 7.11 Å². The van der Waals surface area contributed by atoms with Crippen LogP contribution < -0.4 is 4.90 Å².